The summed E-state index contributed by atoms with van der Waals surface area (Å²) in [6, 6.07) is 31.3. The smallest absolute Gasteiger partial charge is 0.421 e. The average molecular weight is 874 g/mol. The van der Waals surface area contributed by atoms with E-state index in [1.165, 1.54) is 30.3 Å². The summed E-state index contributed by atoms with van der Waals surface area (Å²) in [5, 5.41) is 33.0. The normalized spacial score (nSPS) is 23.4. The van der Waals surface area contributed by atoms with Gasteiger partial charge in [-0.2, -0.15) is 0 Å². The number of anilines is 1. The van der Waals surface area contributed by atoms with E-state index in [2.05, 4.69) is 17.9 Å². The number of carboxylic acids is 1. The molecule has 2 fully saturated rings. The van der Waals surface area contributed by atoms with Crippen LogP contribution in [0.3, 0.4) is 0 Å². The van der Waals surface area contributed by atoms with Crippen molar-refractivity contribution in [2.75, 3.05) is 18.1 Å². The number of carbonyl (C=O) groups excluding carboxylic acids is 3. The van der Waals surface area contributed by atoms with Crippen LogP contribution in [0, 0.1) is 27.9 Å². The molecule has 2 amide bonds. The van der Waals surface area contributed by atoms with Gasteiger partial charge in [0.15, 0.2) is 0 Å². The third-order valence-electron chi connectivity index (χ3n) is 12.6. The monoisotopic (exact) mass is 873 g/mol. The molecule has 9 rings (SSSR count). The first-order chi connectivity index (χ1) is 31.6. The van der Waals surface area contributed by atoms with Gasteiger partial charge < -0.3 is 24.4 Å². The van der Waals surface area contributed by atoms with E-state index in [1.54, 1.807) is 53.4 Å². The zero-order chi connectivity index (χ0) is 45.2. The molecule has 3 heterocycles. The number of aliphatic hydroxyl groups is 1. The molecule has 2 saturated heterocycles. The second-order valence-electron chi connectivity index (χ2n) is 16.3. The van der Waals surface area contributed by atoms with Gasteiger partial charge in [0.2, 0.25) is 5.91 Å². The fourth-order valence-electron chi connectivity index (χ4n) is 9.94. The summed E-state index contributed by atoms with van der Waals surface area (Å²) in [6.45, 7) is -0.903. The molecule has 1 spiro atoms. The van der Waals surface area contributed by atoms with Crippen molar-refractivity contribution >= 4 is 35.3 Å². The predicted molar refractivity (Wildman–Crippen MR) is 235 cm³/mol. The molecule has 14 nitrogen and oxygen atoms in total. The average Bonchev–Trinajstić information content (AvgIpc) is 3.79. The van der Waals surface area contributed by atoms with Crippen LogP contribution in [0.4, 0.5) is 16.2 Å². The van der Waals surface area contributed by atoms with E-state index in [0.29, 0.717) is 27.8 Å². The van der Waals surface area contributed by atoms with E-state index in [0.717, 1.165) is 36.2 Å². The number of allylic oxidation sites excluding steroid dienone is 2. The van der Waals surface area contributed by atoms with Crippen molar-refractivity contribution in [1.82, 2.24) is 4.90 Å². The molecule has 2 N–H and O–H groups in total. The Hall–Kier alpha value is -7.60. The fourth-order valence-corrected chi connectivity index (χ4v) is 9.94. The van der Waals surface area contributed by atoms with Crippen molar-refractivity contribution in [3.63, 3.8) is 0 Å². The number of hydrogen-bond acceptors (Lipinski definition) is 11. The van der Waals surface area contributed by atoms with Gasteiger partial charge in [0.1, 0.15) is 42.4 Å². The van der Waals surface area contributed by atoms with Crippen LogP contribution in [0.2, 0.25) is 0 Å². The van der Waals surface area contributed by atoms with Crippen LogP contribution in [-0.2, 0) is 35.9 Å². The number of cyclic esters (lactones) is 1. The summed E-state index contributed by atoms with van der Waals surface area (Å²) in [5.74, 6) is 1.46. The highest BCUT2D eigenvalue weighted by Gasteiger charge is 2.76. The Kier molecular flexibility index (Phi) is 11.7. The van der Waals surface area contributed by atoms with Crippen LogP contribution >= 0.6 is 0 Å². The van der Waals surface area contributed by atoms with E-state index >= 15 is 4.79 Å². The molecule has 0 radical (unpaired) electrons. The molecule has 1 aliphatic carbocycles. The largest absolute Gasteiger partial charge is 0.491 e. The number of morpholine rings is 1. The summed E-state index contributed by atoms with van der Waals surface area (Å²) in [7, 11) is 0. The molecule has 5 aromatic carbocycles. The topological polar surface area (TPSA) is 186 Å². The summed E-state index contributed by atoms with van der Waals surface area (Å²) in [4.78, 5) is 73.4. The zero-order valence-corrected chi connectivity index (χ0v) is 34.9. The first-order valence-corrected chi connectivity index (χ1v) is 21.4. The molecule has 6 unspecified atom stereocenters. The van der Waals surface area contributed by atoms with Crippen LogP contribution < -0.4 is 9.64 Å². The number of esters is 1. The second kappa shape index (κ2) is 17.9. The van der Waals surface area contributed by atoms with Gasteiger partial charge in [-0.3, -0.25) is 29.4 Å². The van der Waals surface area contributed by atoms with E-state index in [1.807, 2.05) is 48.5 Å². The van der Waals surface area contributed by atoms with Crippen LogP contribution in [0.5, 0.6) is 5.75 Å². The third kappa shape index (κ3) is 7.58. The van der Waals surface area contributed by atoms with Crippen LogP contribution in [0.1, 0.15) is 77.3 Å². The fraction of sp³-hybridized carbons (Fsp3) is 0.255. The first-order valence-electron chi connectivity index (χ1n) is 21.4. The SMILES string of the molecule is O=C1OC(c2ccccc2)C(c2ccccc2)N2C1C(C(=O)O)C1(C(=O)N(C(=O)OCc3ccc([N+](=O)[O-])cc3)c3ccc(C#CC4=CCCCC4)cc31)C2c1ccccc1OCCO. The van der Waals surface area contributed by atoms with Gasteiger partial charge in [-0.25, -0.2) is 9.69 Å². The molecule has 14 heteroatoms. The summed E-state index contributed by atoms with van der Waals surface area (Å²) >= 11 is 0. The van der Waals surface area contributed by atoms with Crippen LogP contribution in [-0.4, -0.2) is 63.2 Å². The lowest BCUT2D eigenvalue weighted by Gasteiger charge is -2.46. The number of fused-ring (bicyclic) bond motifs is 3. The molecule has 0 saturated carbocycles. The number of benzene rings is 5. The van der Waals surface area contributed by atoms with Crippen molar-refractivity contribution < 1.29 is 48.5 Å². The number of nitro groups is 1. The number of nitrogens with zero attached hydrogens (tertiary/aromatic N) is 3. The number of amides is 2. The minimum atomic E-state index is -2.27. The summed E-state index contributed by atoms with van der Waals surface area (Å²) in [6.07, 6.45) is 3.68. The minimum absolute atomic E-state index is 0.0280. The molecule has 5 aromatic rings. The van der Waals surface area contributed by atoms with Crippen LogP contribution in [0.15, 0.2) is 139 Å². The highest BCUT2D eigenvalue weighted by Crippen LogP contribution is 2.66. The van der Waals surface area contributed by atoms with Crippen molar-refractivity contribution in [1.29, 1.82) is 0 Å². The summed E-state index contributed by atoms with van der Waals surface area (Å²) in [5.41, 5.74) is 1.09. The highest BCUT2D eigenvalue weighted by atomic mass is 16.6. The summed E-state index contributed by atoms with van der Waals surface area (Å²) < 4.78 is 18.3. The minimum Gasteiger partial charge on any atom is -0.491 e. The maximum absolute atomic E-state index is 16.1. The van der Waals surface area contributed by atoms with E-state index in [9.17, 15) is 34.7 Å². The first kappa shape index (κ1) is 42.7. The quantitative estimate of drug-likeness (QED) is 0.0599. The maximum atomic E-state index is 16.1. The molecule has 65 heavy (non-hydrogen) atoms. The molecule has 0 aromatic heterocycles. The molecule has 6 atom stereocenters. The number of para-hydroxylation sites is 1. The molecule has 4 aliphatic rings. The zero-order valence-electron chi connectivity index (χ0n) is 34.9. The van der Waals surface area contributed by atoms with Gasteiger partial charge >= 0.3 is 18.0 Å². The number of aliphatic carboxylic acids is 1. The third-order valence-corrected chi connectivity index (χ3v) is 12.6. The lowest BCUT2D eigenvalue weighted by atomic mass is 9.65. The standard InChI is InChI=1S/C51H43N3O11/c55-28-29-63-41-19-11-10-18-38(41)46-51(42(47(56)57)44-48(58)65-45(36-16-8-3-9-17-36)43(53(44)46)35-14-6-2-7-15-35)39-30-33(21-20-32-12-4-1-5-13-32)24-27-40(39)52(49(51)59)50(60)64-31-34-22-25-37(26-23-34)54(61)62/h2-3,6-12,14-19,22-27,30,42-46,55H,1,4-5,13,28-29,31H2,(H,56,57). The molecule has 3 aliphatic heterocycles. The number of imide groups is 1. The van der Waals surface area contributed by atoms with Crippen LogP contribution in [0.25, 0.3) is 0 Å². The Morgan fingerprint density at radius 2 is 1.57 bits per heavy atom. The van der Waals surface area contributed by atoms with Gasteiger partial charge in [-0.15, -0.1) is 0 Å². The number of rotatable bonds is 10. The second-order valence-corrected chi connectivity index (χ2v) is 16.3. The Labute approximate surface area is 373 Å². The van der Waals surface area contributed by atoms with Gasteiger partial charge in [0, 0.05) is 23.3 Å². The molecular weight excluding hydrogens is 831 g/mol. The number of carbonyl (C=O) groups is 4. The van der Waals surface area contributed by atoms with Gasteiger partial charge in [0.25, 0.3) is 5.69 Å². The number of ether oxygens (including phenoxy) is 3. The lowest BCUT2D eigenvalue weighted by molar-refractivity contribution is -0.384. The van der Waals surface area contributed by atoms with Gasteiger partial charge in [0.05, 0.1) is 29.3 Å². The van der Waals surface area contributed by atoms with Crippen molar-refractivity contribution in [2.45, 2.75) is 61.9 Å². The van der Waals surface area contributed by atoms with Crippen molar-refractivity contribution in [2.24, 2.45) is 5.92 Å². The number of nitro benzene ring substituents is 1. The Balaban J connectivity index is 1.30. The number of carboxylic acid groups (broad SMARTS) is 1. The molecule has 328 valence electrons. The van der Waals surface area contributed by atoms with E-state index < -0.39 is 64.4 Å². The number of aliphatic hydroxyl groups excluding tert-OH is 1. The Morgan fingerprint density at radius 1 is 0.862 bits per heavy atom. The molecule has 0 bridgehead atoms. The predicted octanol–water partition coefficient (Wildman–Crippen LogP) is 7.90. The van der Waals surface area contributed by atoms with Crippen molar-refractivity contribution in [3.8, 4) is 17.6 Å². The van der Waals surface area contributed by atoms with Gasteiger partial charge in [-0.05, 0) is 89.9 Å². The van der Waals surface area contributed by atoms with Gasteiger partial charge in [-0.1, -0.05) is 96.8 Å². The van der Waals surface area contributed by atoms with E-state index in [-0.39, 0.29) is 42.5 Å². The number of non-ortho nitro benzene ring substituents is 1. The molecular formula is C51H43N3O11. The Bertz CT molecular complexity index is 2770. The Morgan fingerprint density at radius 3 is 2.25 bits per heavy atom. The maximum Gasteiger partial charge on any atom is 0.421 e. The lowest BCUT2D eigenvalue weighted by Crippen LogP contribution is -2.53. The van der Waals surface area contributed by atoms with Crippen molar-refractivity contribution in [3.05, 3.63) is 183 Å². The number of hydrogen-bond donors (Lipinski definition) is 2. The highest BCUT2D eigenvalue weighted by molar-refractivity contribution is 6.23. The van der Waals surface area contributed by atoms with E-state index in [4.69, 9.17) is 14.2 Å².